The van der Waals surface area contributed by atoms with Crippen LogP contribution >= 0.6 is 0 Å². The molecule has 0 atom stereocenters. The van der Waals surface area contributed by atoms with Gasteiger partial charge in [0.2, 0.25) is 15.9 Å². The van der Waals surface area contributed by atoms with Crippen molar-refractivity contribution >= 4 is 21.6 Å². The summed E-state index contributed by atoms with van der Waals surface area (Å²) in [4.78, 5) is 18.4. The lowest BCUT2D eigenvalue weighted by Gasteiger charge is -2.30. The summed E-state index contributed by atoms with van der Waals surface area (Å²) in [5.41, 5.74) is 1.04. The number of carbonyl (C=O) groups is 1. The van der Waals surface area contributed by atoms with E-state index in [4.69, 9.17) is 9.47 Å². The molecule has 2 heterocycles. The van der Waals surface area contributed by atoms with Crippen LogP contribution in [0.5, 0.6) is 5.75 Å². The van der Waals surface area contributed by atoms with E-state index >= 15 is 0 Å². The second-order valence-electron chi connectivity index (χ2n) is 6.34. The molecule has 8 nitrogen and oxygen atoms in total. The van der Waals surface area contributed by atoms with Gasteiger partial charge in [-0.1, -0.05) is 18.2 Å². The molecule has 1 saturated heterocycles. The van der Waals surface area contributed by atoms with Crippen LogP contribution in [0.3, 0.4) is 0 Å². The van der Waals surface area contributed by atoms with Crippen molar-refractivity contribution in [1.29, 1.82) is 0 Å². The summed E-state index contributed by atoms with van der Waals surface area (Å²) in [6.07, 6.45) is 2.74. The zero-order valence-corrected chi connectivity index (χ0v) is 16.5. The summed E-state index contributed by atoms with van der Waals surface area (Å²) in [6, 6.07) is 12.2. The Morgan fingerprint density at radius 3 is 2.57 bits per heavy atom. The van der Waals surface area contributed by atoms with E-state index in [1.165, 1.54) is 0 Å². The maximum atomic E-state index is 12.6. The van der Waals surface area contributed by atoms with Crippen LogP contribution in [0.15, 0.2) is 48.7 Å². The Kier molecular flexibility index (Phi) is 6.48. The summed E-state index contributed by atoms with van der Waals surface area (Å²) < 4.78 is 37.0. The highest BCUT2D eigenvalue weighted by Crippen LogP contribution is 2.30. The standard InChI is InChI=1S/C19H23N3O5S/c1-28(24,25)22(14-19(23)21-10-12-26-13-11-21)17-7-2-3-8-18(17)27-15-16-6-4-5-9-20-16/h2-9H,10-15H2,1H3. The van der Waals surface area contributed by atoms with Crippen LogP contribution in [0.1, 0.15) is 5.69 Å². The molecule has 28 heavy (non-hydrogen) atoms. The first-order chi connectivity index (χ1) is 13.4. The molecule has 0 bridgehead atoms. The molecule has 3 rings (SSSR count). The maximum Gasteiger partial charge on any atom is 0.243 e. The van der Waals surface area contributed by atoms with Gasteiger partial charge in [-0.3, -0.25) is 14.1 Å². The quantitative estimate of drug-likeness (QED) is 0.690. The number of pyridine rings is 1. The van der Waals surface area contributed by atoms with E-state index in [1.807, 2.05) is 12.1 Å². The molecule has 1 fully saturated rings. The van der Waals surface area contributed by atoms with Gasteiger partial charge in [0.25, 0.3) is 0 Å². The molecule has 0 saturated carbocycles. The molecule has 9 heteroatoms. The van der Waals surface area contributed by atoms with Gasteiger partial charge in [-0.05, 0) is 24.3 Å². The molecular weight excluding hydrogens is 382 g/mol. The summed E-state index contributed by atoms with van der Waals surface area (Å²) in [5.74, 6) is 0.0987. The number of morpholine rings is 1. The number of sulfonamides is 1. The van der Waals surface area contributed by atoms with E-state index in [0.29, 0.717) is 43.4 Å². The molecule has 0 spiro atoms. The average Bonchev–Trinajstić information content (AvgIpc) is 2.71. The number of ether oxygens (including phenoxy) is 2. The van der Waals surface area contributed by atoms with Crippen molar-refractivity contribution in [3.63, 3.8) is 0 Å². The minimum Gasteiger partial charge on any atom is -0.485 e. The molecule has 0 unspecified atom stereocenters. The van der Waals surface area contributed by atoms with Gasteiger partial charge in [-0.25, -0.2) is 8.42 Å². The van der Waals surface area contributed by atoms with E-state index in [1.54, 1.807) is 41.4 Å². The number of hydrogen-bond acceptors (Lipinski definition) is 6. The summed E-state index contributed by atoms with van der Waals surface area (Å²) in [5, 5.41) is 0. The maximum absolute atomic E-state index is 12.6. The van der Waals surface area contributed by atoms with Crippen molar-refractivity contribution in [1.82, 2.24) is 9.88 Å². The van der Waals surface area contributed by atoms with E-state index in [-0.39, 0.29) is 19.1 Å². The molecule has 1 amide bonds. The molecule has 1 aliphatic heterocycles. The molecule has 150 valence electrons. The monoisotopic (exact) mass is 405 g/mol. The van der Waals surface area contributed by atoms with Gasteiger partial charge in [0.05, 0.1) is 30.9 Å². The number of para-hydroxylation sites is 2. The smallest absolute Gasteiger partial charge is 0.243 e. The van der Waals surface area contributed by atoms with Gasteiger partial charge in [-0.15, -0.1) is 0 Å². The predicted octanol–water partition coefficient (Wildman–Crippen LogP) is 1.29. The first-order valence-electron chi connectivity index (χ1n) is 8.90. The third-order valence-electron chi connectivity index (χ3n) is 4.28. The molecule has 0 N–H and O–H groups in total. The topological polar surface area (TPSA) is 89.0 Å². The number of anilines is 1. The minimum absolute atomic E-state index is 0.187. The number of aromatic nitrogens is 1. The van der Waals surface area contributed by atoms with Crippen molar-refractivity contribution in [3.8, 4) is 5.75 Å². The van der Waals surface area contributed by atoms with Crippen LogP contribution < -0.4 is 9.04 Å². The third-order valence-corrected chi connectivity index (χ3v) is 5.41. The van der Waals surface area contributed by atoms with E-state index < -0.39 is 10.0 Å². The van der Waals surface area contributed by atoms with Crippen LogP contribution in [-0.4, -0.2) is 63.3 Å². The summed E-state index contributed by atoms with van der Waals surface area (Å²) in [6.45, 7) is 1.71. The Morgan fingerprint density at radius 2 is 1.89 bits per heavy atom. The first-order valence-corrected chi connectivity index (χ1v) is 10.7. The van der Waals surface area contributed by atoms with Gasteiger partial charge in [0, 0.05) is 19.3 Å². The van der Waals surface area contributed by atoms with Crippen LogP contribution in [0, 0.1) is 0 Å². The normalized spacial score (nSPS) is 14.5. The lowest BCUT2D eigenvalue weighted by molar-refractivity contribution is -0.133. The van der Waals surface area contributed by atoms with Crippen LogP contribution in [0.25, 0.3) is 0 Å². The fourth-order valence-electron chi connectivity index (χ4n) is 2.84. The highest BCUT2D eigenvalue weighted by atomic mass is 32.2. The van der Waals surface area contributed by atoms with E-state index in [9.17, 15) is 13.2 Å². The second-order valence-corrected chi connectivity index (χ2v) is 8.25. The van der Waals surface area contributed by atoms with Crippen LogP contribution in [0.2, 0.25) is 0 Å². The number of amides is 1. The Hall–Kier alpha value is -2.65. The molecule has 2 aromatic rings. The zero-order valence-electron chi connectivity index (χ0n) is 15.7. The zero-order chi connectivity index (χ0) is 20.0. The van der Waals surface area contributed by atoms with Gasteiger partial charge in [0.1, 0.15) is 18.9 Å². The SMILES string of the molecule is CS(=O)(=O)N(CC(=O)N1CCOCC1)c1ccccc1OCc1ccccn1. The Morgan fingerprint density at radius 1 is 1.18 bits per heavy atom. The third kappa shape index (κ3) is 5.20. The van der Waals surface area contributed by atoms with Crippen molar-refractivity contribution in [2.45, 2.75) is 6.61 Å². The summed E-state index contributed by atoms with van der Waals surface area (Å²) in [7, 11) is -3.70. The van der Waals surface area contributed by atoms with E-state index in [2.05, 4.69) is 4.98 Å². The van der Waals surface area contributed by atoms with Crippen molar-refractivity contribution in [3.05, 3.63) is 54.4 Å². The van der Waals surface area contributed by atoms with Crippen LogP contribution in [0.4, 0.5) is 5.69 Å². The second kappa shape index (κ2) is 9.03. The van der Waals surface area contributed by atoms with Gasteiger partial charge < -0.3 is 14.4 Å². The van der Waals surface area contributed by atoms with Crippen LogP contribution in [-0.2, 0) is 26.2 Å². The molecule has 1 aliphatic rings. The number of benzene rings is 1. The molecule has 1 aromatic carbocycles. The lowest BCUT2D eigenvalue weighted by Crippen LogP contribution is -2.47. The number of hydrogen-bond donors (Lipinski definition) is 0. The van der Waals surface area contributed by atoms with Gasteiger partial charge >= 0.3 is 0 Å². The molecule has 0 radical (unpaired) electrons. The number of rotatable bonds is 7. The Balaban J connectivity index is 1.81. The average molecular weight is 405 g/mol. The van der Waals surface area contributed by atoms with Crippen molar-refractivity contribution < 1.29 is 22.7 Å². The van der Waals surface area contributed by atoms with Gasteiger partial charge in [-0.2, -0.15) is 0 Å². The van der Waals surface area contributed by atoms with E-state index in [0.717, 1.165) is 10.6 Å². The largest absolute Gasteiger partial charge is 0.485 e. The Bertz CT molecular complexity index is 899. The highest BCUT2D eigenvalue weighted by Gasteiger charge is 2.27. The van der Waals surface area contributed by atoms with Gasteiger partial charge in [0.15, 0.2) is 0 Å². The molecule has 1 aromatic heterocycles. The minimum atomic E-state index is -3.70. The molecule has 0 aliphatic carbocycles. The van der Waals surface area contributed by atoms with Crippen molar-refractivity contribution in [2.75, 3.05) is 43.4 Å². The fraction of sp³-hybridized carbons (Fsp3) is 0.368. The number of nitrogens with zero attached hydrogens (tertiary/aromatic N) is 3. The lowest BCUT2D eigenvalue weighted by atomic mass is 10.3. The summed E-state index contributed by atoms with van der Waals surface area (Å²) >= 11 is 0. The van der Waals surface area contributed by atoms with Crippen molar-refractivity contribution in [2.24, 2.45) is 0 Å². The molecular formula is C19H23N3O5S. The highest BCUT2D eigenvalue weighted by molar-refractivity contribution is 7.92. The first kappa shape index (κ1) is 20.1. The predicted molar refractivity (Wildman–Crippen MR) is 105 cm³/mol. The fourth-order valence-corrected chi connectivity index (χ4v) is 3.69. The number of carbonyl (C=O) groups excluding carboxylic acids is 1. The Labute approximate surface area is 164 Å².